The Morgan fingerprint density at radius 2 is 0.645 bits per heavy atom. The highest BCUT2D eigenvalue weighted by atomic mass is 32.1. The third-order valence-corrected chi connectivity index (χ3v) is 17.8. The van der Waals surface area contributed by atoms with Gasteiger partial charge in [-0.2, -0.15) is 0 Å². The van der Waals surface area contributed by atoms with Crippen LogP contribution in [-0.2, 0) is 10.8 Å². The van der Waals surface area contributed by atoms with E-state index in [4.69, 9.17) is 8.83 Å². The molecule has 11 aromatic carbocycles. The fraction of sp³-hybridized carbons (Fsp3) is 0.114. The summed E-state index contributed by atoms with van der Waals surface area (Å²) in [6.07, 6.45) is 0. The normalized spacial score (nSPS) is 12.6. The van der Waals surface area contributed by atoms with Crippen LogP contribution in [0.5, 0.6) is 0 Å². The Hall–Kier alpha value is -8.42. The van der Waals surface area contributed by atoms with Gasteiger partial charge in [0.05, 0.1) is 22.7 Å². The van der Waals surface area contributed by atoms with Crippen molar-refractivity contribution in [2.45, 2.75) is 52.4 Å². The maximum Gasteiger partial charge on any atom is 0.159 e. The summed E-state index contributed by atoms with van der Waals surface area (Å²) in [6.45, 7) is 13.6. The predicted octanol–water partition coefficient (Wildman–Crippen LogP) is 22.1. The van der Waals surface area contributed by atoms with Crippen molar-refractivity contribution >= 4 is 163 Å². The molecule has 0 aliphatic carbocycles. The first-order chi connectivity index (χ1) is 37.0. The zero-order valence-corrected chi connectivity index (χ0v) is 44.8. The van der Waals surface area contributed by atoms with Gasteiger partial charge in [-0.3, -0.25) is 0 Å². The molecule has 0 N–H and O–H groups in total. The summed E-state index contributed by atoms with van der Waals surface area (Å²) in [5.74, 6) is 0. The molecule has 0 aliphatic rings. The molecule has 0 radical (unpaired) electrons. The molecule has 0 bridgehead atoms. The number of thiophene rings is 2. The van der Waals surface area contributed by atoms with E-state index in [1.165, 1.54) is 73.0 Å². The van der Waals surface area contributed by atoms with E-state index >= 15 is 0 Å². The molecule has 0 atom stereocenters. The van der Waals surface area contributed by atoms with E-state index in [9.17, 15) is 0 Å². The Morgan fingerprint density at radius 3 is 1.05 bits per heavy atom. The second-order valence-electron chi connectivity index (χ2n) is 22.4. The average Bonchev–Trinajstić information content (AvgIpc) is 4.22. The van der Waals surface area contributed by atoms with Gasteiger partial charge in [-0.15, -0.1) is 22.7 Å². The van der Waals surface area contributed by atoms with Gasteiger partial charge in [0.15, 0.2) is 11.2 Å². The van der Waals surface area contributed by atoms with Crippen molar-refractivity contribution in [1.29, 1.82) is 0 Å². The van der Waals surface area contributed by atoms with Crippen molar-refractivity contribution in [3.8, 4) is 0 Å². The van der Waals surface area contributed by atoms with Crippen LogP contribution in [0.2, 0.25) is 0 Å². The summed E-state index contributed by atoms with van der Waals surface area (Å²) in [7, 11) is 0. The molecule has 0 fully saturated rings. The number of hydrogen-bond donors (Lipinski definition) is 0. The van der Waals surface area contributed by atoms with Crippen molar-refractivity contribution in [3.63, 3.8) is 0 Å². The zero-order valence-electron chi connectivity index (χ0n) is 43.2. The number of furan rings is 2. The van der Waals surface area contributed by atoms with Gasteiger partial charge in [-0.05, 0) is 82.3 Å². The fourth-order valence-corrected chi connectivity index (χ4v) is 14.6. The first-order valence-corrected chi connectivity index (χ1v) is 27.9. The maximum absolute atomic E-state index is 7.08. The van der Waals surface area contributed by atoms with Crippen LogP contribution < -0.4 is 9.80 Å². The van der Waals surface area contributed by atoms with Gasteiger partial charge in [-0.1, -0.05) is 187 Å². The van der Waals surface area contributed by atoms with E-state index in [0.717, 1.165) is 78.0 Å². The first kappa shape index (κ1) is 45.0. The highest BCUT2D eigenvalue weighted by Crippen LogP contribution is 2.53. The quantitative estimate of drug-likeness (QED) is 0.166. The molecule has 4 aromatic heterocycles. The van der Waals surface area contributed by atoms with Crippen LogP contribution in [0.25, 0.3) is 106 Å². The molecule has 4 heterocycles. The van der Waals surface area contributed by atoms with Crippen LogP contribution in [0.4, 0.5) is 34.1 Å². The van der Waals surface area contributed by atoms with Crippen molar-refractivity contribution in [3.05, 3.63) is 217 Å². The van der Waals surface area contributed by atoms with Crippen LogP contribution in [0, 0.1) is 0 Å². The van der Waals surface area contributed by atoms with Crippen LogP contribution in [-0.4, -0.2) is 0 Å². The molecule has 0 aliphatic heterocycles. The summed E-state index contributed by atoms with van der Waals surface area (Å²) in [5, 5.41) is 14.5. The third-order valence-electron chi connectivity index (χ3n) is 15.6. The third kappa shape index (κ3) is 6.73. The minimum Gasteiger partial charge on any atom is -0.454 e. The Morgan fingerprint density at radius 1 is 0.289 bits per heavy atom. The summed E-state index contributed by atoms with van der Waals surface area (Å²) >= 11 is 3.77. The largest absolute Gasteiger partial charge is 0.454 e. The molecule has 0 saturated heterocycles. The number of para-hydroxylation sites is 6. The van der Waals surface area contributed by atoms with E-state index in [1.807, 2.05) is 22.7 Å². The predicted molar refractivity (Wildman–Crippen MR) is 329 cm³/mol. The SMILES string of the molecule is CC(C)(C)c1cccc2c1oc1c(N(c3ccccc3)c3cc4sc5cc6sc7cc(N(c8ccccc8)c8cccc9c8oc8c(C(C)(C)C)cccc89)c8ccccc8c7c6cc5c4c4ccccc34)cccc12. The lowest BCUT2D eigenvalue weighted by Gasteiger charge is -2.27. The monoisotopic (exact) mass is 1020 g/mol. The average molecular weight is 1020 g/mol. The van der Waals surface area contributed by atoms with Gasteiger partial charge >= 0.3 is 0 Å². The second kappa shape index (κ2) is 16.5. The van der Waals surface area contributed by atoms with E-state index in [0.29, 0.717) is 0 Å². The molecule has 15 aromatic rings. The van der Waals surface area contributed by atoms with E-state index in [1.54, 1.807) is 0 Å². The van der Waals surface area contributed by atoms with Crippen molar-refractivity contribution in [2.24, 2.45) is 0 Å². The molecular weight excluding hydrogens is 965 g/mol. The lowest BCUT2D eigenvalue weighted by Crippen LogP contribution is -2.11. The molecule has 366 valence electrons. The zero-order chi connectivity index (χ0) is 51.2. The van der Waals surface area contributed by atoms with Crippen LogP contribution in [0.15, 0.2) is 215 Å². The Balaban J connectivity index is 0.947. The highest BCUT2D eigenvalue weighted by molar-refractivity contribution is 7.28. The van der Waals surface area contributed by atoms with Gasteiger partial charge in [0.1, 0.15) is 11.2 Å². The molecular formula is C70H52N2O2S2. The molecule has 6 heteroatoms. The standard InChI is InChI=1S/C70H52N2O2S2/c1-69(2,3)53-33-17-29-47-49-31-19-35-55(67(49)73-65(47)53)71(41-21-9-7-10-22-41)57-38-61-63(45-27-15-13-25-43(45)57)51-37-52-60(40-59(51)75-61)76-62-39-58(44-26-14-16-28-46(44)64(52)62)72(42-23-11-8-12-24-42)56-36-20-32-50-48-30-18-34-54(70(4,5)6)66(48)74-68(50)56/h7-40H,1-6H3. The minimum atomic E-state index is -0.0841. The topological polar surface area (TPSA) is 32.8 Å². The number of nitrogens with zero attached hydrogens (tertiary/aromatic N) is 2. The molecule has 0 unspecified atom stereocenters. The molecule has 76 heavy (non-hydrogen) atoms. The van der Waals surface area contributed by atoms with Crippen molar-refractivity contribution < 1.29 is 8.83 Å². The van der Waals surface area contributed by atoms with Crippen LogP contribution in [0.1, 0.15) is 52.7 Å². The van der Waals surface area contributed by atoms with Gasteiger partial charge in [-0.25, -0.2) is 0 Å². The number of hydrogen-bond acceptors (Lipinski definition) is 6. The van der Waals surface area contributed by atoms with Gasteiger partial charge in [0, 0.05) is 95.2 Å². The van der Waals surface area contributed by atoms with E-state index in [2.05, 4.69) is 258 Å². The maximum atomic E-state index is 7.08. The smallest absolute Gasteiger partial charge is 0.159 e. The van der Waals surface area contributed by atoms with Crippen molar-refractivity contribution in [2.75, 3.05) is 9.80 Å². The molecule has 0 spiro atoms. The van der Waals surface area contributed by atoms with Gasteiger partial charge < -0.3 is 18.6 Å². The molecule has 15 rings (SSSR count). The lowest BCUT2D eigenvalue weighted by atomic mass is 9.86. The molecule has 0 saturated carbocycles. The highest BCUT2D eigenvalue weighted by Gasteiger charge is 2.28. The number of rotatable bonds is 6. The van der Waals surface area contributed by atoms with Crippen molar-refractivity contribution in [1.82, 2.24) is 0 Å². The number of fused-ring (bicyclic) bond motifs is 16. The van der Waals surface area contributed by atoms with E-state index < -0.39 is 0 Å². The van der Waals surface area contributed by atoms with E-state index in [-0.39, 0.29) is 10.8 Å². The number of benzene rings is 11. The summed E-state index contributed by atoms with van der Waals surface area (Å²) in [6, 6.07) is 75.7. The summed E-state index contributed by atoms with van der Waals surface area (Å²) < 4.78 is 19.2. The second-order valence-corrected chi connectivity index (χ2v) is 24.6. The Kier molecular flexibility index (Phi) is 9.80. The molecule has 0 amide bonds. The fourth-order valence-electron chi connectivity index (χ4n) is 12.2. The summed E-state index contributed by atoms with van der Waals surface area (Å²) in [5.41, 5.74) is 12.3. The van der Waals surface area contributed by atoms with Gasteiger partial charge in [0.25, 0.3) is 0 Å². The Labute approximate surface area is 448 Å². The van der Waals surface area contributed by atoms with Crippen LogP contribution in [0.3, 0.4) is 0 Å². The van der Waals surface area contributed by atoms with Gasteiger partial charge in [0.2, 0.25) is 0 Å². The number of anilines is 6. The molecule has 4 nitrogen and oxygen atoms in total. The van der Waals surface area contributed by atoms with Crippen LogP contribution >= 0.6 is 22.7 Å². The minimum absolute atomic E-state index is 0.0841. The Bertz CT molecular complexity index is 4550. The lowest BCUT2D eigenvalue weighted by molar-refractivity contribution is 0.572. The first-order valence-electron chi connectivity index (χ1n) is 26.2. The summed E-state index contributed by atoms with van der Waals surface area (Å²) in [4.78, 5) is 4.83.